The topological polar surface area (TPSA) is 31.2 Å². The van der Waals surface area contributed by atoms with Gasteiger partial charge in [-0.2, -0.15) is 0 Å². The van der Waals surface area contributed by atoms with E-state index < -0.39 is 0 Å². The van der Waals surface area contributed by atoms with Gasteiger partial charge < -0.3 is 9.30 Å². The molecule has 0 saturated carbocycles. The van der Waals surface area contributed by atoms with Crippen molar-refractivity contribution in [3.8, 4) is 5.75 Å². The van der Waals surface area contributed by atoms with Gasteiger partial charge in [-0.05, 0) is 33.8 Å². The van der Waals surface area contributed by atoms with Crippen molar-refractivity contribution in [2.24, 2.45) is 0 Å². The van der Waals surface area contributed by atoms with Crippen LogP contribution in [0.5, 0.6) is 5.75 Å². The van der Waals surface area contributed by atoms with Crippen LogP contribution in [0.2, 0.25) is 0 Å². The van der Waals surface area contributed by atoms with Gasteiger partial charge in [-0.1, -0.05) is 0 Å². The average Bonchev–Trinajstić information content (AvgIpc) is 2.02. The van der Waals surface area contributed by atoms with Crippen LogP contribution in [0.25, 0.3) is 0 Å². The summed E-state index contributed by atoms with van der Waals surface area (Å²) in [5, 5.41) is 0. The second-order valence-electron chi connectivity index (χ2n) is 4.17. The van der Waals surface area contributed by atoms with Crippen molar-refractivity contribution in [3.63, 3.8) is 0 Å². The third-order valence-corrected chi connectivity index (χ3v) is 1.92. The van der Waals surface area contributed by atoms with Crippen molar-refractivity contribution in [2.45, 2.75) is 33.2 Å². The van der Waals surface area contributed by atoms with Gasteiger partial charge in [0, 0.05) is 17.8 Å². The molecule has 0 aliphatic rings. The van der Waals surface area contributed by atoms with Crippen LogP contribution in [0, 0.1) is 0 Å². The minimum Gasteiger partial charge on any atom is -0.494 e. The van der Waals surface area contributed by atoms with Gasteiger partial charge in [-0.3, -0.25) is 4.79 Å². The Labute approximate surface area is 84.3 Å². The second-order valence-corrected chi connectivity index (χ2v) is 4.17. The maximum atomic E-state index is 11.6. The first kappa shape index (κ1) is 10.8. The molecule has 0 spiro atoms. The SMILES string of the molecule is CCOc1ccn(C(C)(C)C)c(=O)c1. The van der Waals surface area contributed by atoms with E-state index in [1.165, 1.54) is 6.07 Å². The van der Waals surface area contributed by atoms with Crippen molar-refractivity contribution < 1.29 is 4.74 Å². The molecule has 0 unspecified atom stereocenters. The van der Waals surface area contributed by atoms with E-state index in [1.54, 1.807) is 10.8 Å². The first-order valence-corrected chi connectivity index (χ1v) is 4.81. The summed E-state index contributed by atoms with van der Waals surface area (Å²) in [6.45, 7) is 8.46. The molecule has 3 nitrogen and oxygen atoms in total. The predicted molar refractivity (Wildman–Crippen MR) is 56.9 cm³/mol. The van der Waals surface area contributed by atoms with Gasteiger partial charge >= 0.3 is 0 Å². The number of pyridine rings is 1. The highest BCUT2D eigenvalue weighted by Gasteiger charge is 2.13. The number of nitrogens with zero attached hydrogens (tertiary/aromatic N) is 1. The van der Waals surface area contributed by atoms with E-state index in [0.29, 0.717) is 12.4 Å². The number of hydrogen-bond acceptors (Lipinski definition) is 2. The van der Waals surface area contributed by atoms with Gasteiger partial charge in [0.15, 0.2) is 0 Å². The Bertz CT molecular complexity index is 360. The lowest BCUT2D eigenvalue weighted by Gasteiger charge is -2.22. The van der Waals surface area contributed by atoms with E-state index in [2.05, 4.69) is 0 Å². The smallest absolute Gasteiger partial charge is 0.254 e. The lowest BCUT2D eigenvalue weighted by Crippen LogP contribution is -2.32. The van der Waals surface area contributed by atoms with Gasteiger partial charge in [0.05, 0.1) is 6.61 Å². The molecular formula is C11H17NO2. The van der Waals surface area contributed by atoms with Crippen LogP contribution in [-0.2, 0) is 5.54 Å². The van der Waals surface area contributed by atoms with Crippen LogP contribution < -0.4 is 10.3 Å². The fraction of sp³-hybridized carbons (Fsp3) is 0.545. The Morgan fingerprint density at radius 3 is 2.50 bits per heavy atom. The number of ether oxygens (including phenoxy) is 1. The van der Waals surface area contributed by atoms with Gasteiger partial charge in [-0.15, -0.1) is 0 Å². The van der Waals surface area contributed by atoms with Gasteiger partial charge in [0.2, 0.25) is 0 Å². The maximum absolute atomic E-state index is 11.6. The van der Waals surface area contributed by atoms with Gasteiger partial charge in [0.1, 0.15) is 5.75 Å². The molecular weight excluding hydrogens is 178 g/mol. The molecule has 1 heterocycles. The molecule has 0 fully saturated rings. The minimum absolute atomic E-state index is 0.0246. The summed E-state index contributed by atoms with van der Waals surface area (Å²) < 4.78 is 6.93. The Kier molecular flexibility index (Phi) is 2.99. The summed E-state index contributed by atoms with van der Waals surface area (Å²) in [6.07, 6.45) is 1.77. The molecule has 78 valence electrons. The van der Waals surface area contributed by atoms with Crippen molar-refractivity contribution in [2.75, 3.05) is 6.61 Å². The predicted octanol–water partition coefficient (Wildman–Crippen LogP) is 2.00. The highest BCUT2D eigenvalue weighted by atomic mass is 16.5. The zero-order valence-electron chi connectivity index (χ0n) is 9.20. The van der Waals surface area contributed by atoms with Crippen molar-refractivity contribution in [1.82, 2.24) is 4.57 Å². The summed E-state index contributed by atoms with van der Waals surface area (Å²) in [6, 6.07) is 3.34. The van der Waals surface area contributed by atoms with Gasteiger partial charge in [-0.25, -0.2) is 0 Å². The van der Waals surface area contributed by atoms with E-state index in [-0.39, 0.29) is 11.1 Å². The van der Waals surface area contributed by atoms with E-state index in [1.807, 2.05) is 33.8 Å². The first-order chi connectivity index (χ1) is 6.45. The molecule has 0 atom stereocenters. The molecule has 0 aromatic carbocycles. The molecule has 0 saturated heterocycles. The maximum Gasteiger partial charge on any atom is 0.254 e. The molecule has 1 aromatic heterocycles. The minimum atomic E-state index is -0.179. The second kappa shape index (κ2) is 3.86. The molecule has 0 N–H and O–H groups in total. The van der Waals surface area contributed by atoms with Crippen LogP contribution in [0.1, 0.15) is 27.7 Å². The number of aromatic nitrogens is 1. The summed E-state index contributed by atoms with van der Waals surface area (Å²) >= 11 is 0. The normalized spacial score (nSPS) is 11.4. The third kappa shape index (κ3) is 2.37. The van der Waals surface area contributed by atoms with E-state index in [4.69, 9.17) is 4.74 Å². The largest absolute Gasteiger partial charge is 0.494 e. The lowest BCUT2D eigenvalue weighted by molar-refractivity contribution is 0.333. The monoisotopic (exact) mass is 195 g/mol. The van der Waals surface area contributed by atoms with Crippen LogP contribution >= 0.6 is 0 Å². The summed E-state index contributed by atoms with van der Waals surface area (Å²) in [5.74, 6) is 0.637. The van der Waals surface area contributed by atoms with E-state index in [0.717, 1.165) is 0 Å². The summed E-state index contributed by atoms with van der Waals surface area (Å²) in [5.41, 5.74) is -0.203. The highest BCUT2D eigenvalue weighted by molar-refractivity contribution is 5.18. The Balaban J connectivity index is 3.09. The number of rotatable bonds is 2. The Morgan fingerprint density at radius 1 is 1.43 bits per heavy atom. The molecule has 1 aromatic rings. The highest BCUT2D eigenvalue weighted by Crippen LogP contribution is 2.13. The first-order valence-electron chi connectivity index (χ1n) is 4.81. The number of hydrogen-bond donors (Lipinski definition) is 0. The van der Waals surface area contributed by atoms with Crippen LogP contribution in [0.3, 0.4) is 0 Å². The zero-order valence-corrected chi connectivity index (χ0v) is 9.20. The fourth-order valence-corrected chi connectivity index (χ4v) is 1.27. The van der Waals surface area contributed by atoms with Gasteiger partial charge in [0.25, 0.3) is 5.56 Å². The third-order valence-electron chi connectivity index (χ3n) is 1.92. The van der Waals surface area contributed by atoms with Crippen molar-refractivity contribution >= 4 is 0 Å². The quantitative estimate of drug-likeness (QED) is 0.722. The Morgan fingerprint density at radius 2 is 2.07 bits per heavy atom. The van der Waals surface area contributed by atoms with E-state index >= 15 is 0 Å². The Hall–Kier alpha value is -1.25. The van der Waals surface area contributed by atoms with Crippen molar-refractivity contribution in [3.05, 3.63) is 28.7 Å². The average molecular weight is 195 g/mol. The molecule has 0 radical (unpaired) electrons. The standard InChI is InChI=1S/C11H17NO2/c1-5-14-9-6-7-12(10(13)8-9)11(2,3)4/h6-8H,5H2,1-4H3. The molecule has 3 heteroatoms. The molecule has 0 aliphatic heterocycles. The van der Waals surface area contributed by atoms with Crippen LogP contribution in [-0.4, -0.2) is 11.2 Å². The van der Waals surface area contributed by atoms with Crippen molar-refractivity contribution in [1.29, 1.82) is 0 Å². The molecule has 14 heavy (non-hydrogen) atoms. The summed E-state index contributed by atoms with van der Waals surface area (Å²) in [7, 11) is 0. The fourth-order valence-electron chi connectivity index (χ4n) is 1.27. The molecule has 0 amide bonds. The van der Waals surface area contributed by atoms with E-state index in [9.17, 15) is 4.79 Å². The molecule has 1 rings (SSSR count). The zero-order chi connectivity index (χ0) is 10.8. The summed E-state index contributed by atoms with van der Waals surface area (Å²) in [4.78, 5) is 11.6. The van der Waals surface area contributed by atoms with Crippen LogP contribution in [0.15, 0.2) is 23.1 Å². The molecule has 0 aliphatic carbocycles. The lowest BCUT2D eigenvalue weighted by atomic mass is 10.1. The van der Waals surface area contributed by atoms with Crippen LogP contribution in [0.4, 0.5) is 0 Å². The molecule has 0 bridgehead atoms.